The lowest BCUT2D eigenvalue weighted by atomic mass is 9.89. The van der Waals surface area contributed by atoms with Crippen molar-refractivity contribution in [2.24, 2.45) is 0 Å². The Balaban J connectivity index is 1.63. The van der Waals surface area contributed by atoms with Crippen molar-refractivity contribution >= 4 is 11.6 Å². The van der Waals surface area contributed by atoms with E-state index in [9.17, 15) is 9.90 Å². The van der Waals surface area contributed by atoms with E-state index in [0.717, 1.165) is 39.3 Å². The van der Waals surface area contributed by atoms with E-state index in [4.69, 9.17) is 9.47 Å². The topological polar surface area (TPSA) is 59.0 Å². The summed E-state index contributed by atoms with van der Waals surface area (Å²) < 4.78 is 11.5. The number of anilines is 1. The predicted molar refractivity (Wildman–Crippen MR) is 121 cm³/mol. The molecule has 3 aromatic rings. The van der Waals surface area contributed by atoms with E-state index in [1.807, 2.05) is 81.4 Å². The molecule has 3 aromatic carbocycles. The van der Waals surface area contributed by atoms with Gasteiger partial charge in [-0.3, -0.25) is 9.69 Å². The third-order valence-corrected chi connectivity index (χ3v) is 5.96. The molecule has 4 rings (SSSR count). The van der Waals surface area contributed by atoms with Gasteiger partial charge in [0.15, 0.2) is 6.10 Å². The molecule has 160 valence electrons. The minimum absolute atomic E-state index is 0.317. The standard InChI is InChI=1S/C26H27NO4/c1-16-10-11-20(13-22(16)31-15-19-8-6-5-7-9-19)24-25(28)26(29)27(24)21-12-17(2)18(3)23(14-21)30-4/h5-14,24-25,28H,15H2,1-4H3/t24-,25+/m0/s1. The lowest BCUT2D eigenvalue weighted by Gasteiger charge is -2.45. The molecule has 1 aliphatic rings. The van der Waals surface area contributed by atoms with Gasteiger partial charge in [0.05, 0.1) is 13.2 Å². The number of carbonyl (C=O) groups is 1. The van der Waals surface area contributed by atoms with E-state index in [2.05, 4.69) is 0 Å². The average Bonchev–Trinajstić information content (AvgIpc) is 2.79. The van der Waals surface area contributed by atoms with Gasteiger partial charge in [-0.15, -0.1) is 0 Å². The second kappa shape index (κ2) is 8.44. The maximum Gasteiger partial charge on any atom is 0.259 e. The highest BCUT2D eigenvalue weighted by atomic mass is 16.5. The number of rotatable bonds is 6. The number of methoxy groups -OCH3 is 1. The highest BCUT2D eigenvalue weighted by Crippen LogP contribution is 2.42. The first kappa shape index (κ1) is 20.9. The van der Waals surface area contributed by atoms with Gasteiger partial charge in [0.25, 0.3) is 5.91 Å². The molecule has 1 fully saturated rings. The molecule has 2 atom stereocenters. The van der Waals surface area contributed by atoms with E-state index < -0.39 is 12.1 Å². The Morgan fingerprint density at radius 2 is 1.68 bits per heavy atom. The Labute approximate surface area is 182 Å². The molecule has 0 bridgehead atoms. The van der Waals surface area contributed by atoms with Crippen LogP contribution in [0.4, 0.5) is 5.69 Å². The number of aliphatic hydroxyl groups is 1. The number of aliphatic hydroxyl groups excluding tert-OH is 1. The van der Waals surface area contributed by atoms with Gasteiger partial charge in [-0.05, 0) is 60.7 Å². The molecule has 5 heteroatoms. The summed E-state index contributed by atoms with van der Waals surface area (Å²) in [4.78, 5) is 14.2. The number of hydrogen-bond donors (Lipinski definition) is 1. The summed E-state index contributed by atoms with van der Waals surface area (Å²) >= 11 is 0. The SMILES string of the molecule is COc1cc(N2C(=O)[C@H](O)[C@@H]2c2ccc(C)c(OCc3ccccc3)c2)cc(C)c1C. The number of ether oxygens (including phenoxy) is 2. The fourth-order valence-electron chi connectivity index (χ4n) is 3.94. The van der Waals surface area contributed by atoms with E-state index in [1.54, 1.807) is 12.0 Å². The highest BCUT2D eigenvalue weighted by molar-refractivity contribution is 6.05. The number of aryl methyl sites for hydroxylation is 2. The Morgan fingerprint density at radius 1 is 0.935 bits per heavy atom. The molecular formula is C26H27NO4. The third kappa shape index (κ3) is 3.89. The third-order valence-electron chi connectivity index (χ3n) is 5.96. The van der Waals surface area contributed by atoms with Crippen molar-refractivity contribution < 1.29 is 19.4 Å². The molecule has 0 saturated carbocycles. The summed E-state index contributed by atoms with van der Waals surface area (Å²) in [5.74, 6) is 1.15. The van der Waals surface area contributed by atoms with Crippen molar-refractivity contribution in [3.63, 3.8) is 0 Å². The van der Waals surface area contributed by atoms with Crippen LogP contribution in [0.15, 0.2) is 60.7 Å². The van der Waals surface area contributed by atoms with Gasteiger partial charge in [-0.2, -0.15) is 0 Å². The summed E-state index contributed by atoms with van der Waals surface area (Å²) in [6, 6.07) is 19.1. The normalized spacial score (nSPS) is 18.0. The molecule has 31 heavy (non-hydrogen) atoms. The van der Waals surface area contributed by atoms with Crippen LogP contribution in [0.3, 0.4) is 0 Å². The minimum Gasteiger partial charge on any atom is -0.496 e. The van der Waals surface area contributed by atoms with Crippen LogP contribution in [-0.4, -0.2) is 24.2 Å². The maximum atomic E-state index is 12.6. The predicted octanol–water partition coefficient (Wildman–Crippen LogP) is 4.65. The zero-order valence-electron chi connectivity index (χ0n) is 18.3. The number of hydrogen-bond acceptors (Lipinski definition) is 4. The van der Waals surface area contributed by atoms with Crippen LogP contribution < -0.4 is 14.4 Å². The van der Waals surface area contributed by atoms with Gasteiger partial charge >= 0.3 is 0 Å². The molecule has 1 heterocycles. The van der Waals surface area contributed by atoms with Crippen molar-refractivity contribution in [2.75, 3.05) is 12.0 Å². The first-order chi connectivity index (χ1) is 14.9. The molecular weight excluding hydrogens is 390 g/mol. The van der Waals surface area contributed by atoms with Crippen LogP contribution in [0.1, 0.15) is 33.9 Å². The maximum absolute atomic E-state index is 12.6. The zero-order chi connectivity index (χ0) is 22.1. The Kier molecular flexibility index (Phi) is 5.70. The summed E-state index contributed by atoms with van der Waals surface area (Å²) in [6.45, 7) is 6.41. The Hall–Kier alpha value is -3.31. The second-order valence-corrected chi connectivity index (χ2v) is 7.99. The van der Waals surface area contributed by atoms with Crippen LogP contribution in [0.5, 0.6) is 11.5 Å². The fraction of sp³-hybridized carbons (Fsp3) is 0.269. The van der Waals surface area contributed by atoms with E-state index in [0.29, 0.717) is 12.3 Å². The zero-order valence-corrected chi connectivity index (χ0v) is 18.3. The van der Waals surface area contributed by atoms with E-state index in [-0.39, 0.29) is 5.91 Å². The summed E-state index contributed by atoms with van der Waals surface area (Å²) in [5, 5.41) is 10.5. The molecule has 1 aliphatic heterocycles. The molecule has 1 N–H and O–H groups in total. The smallest absolute Gasteiger partial charge is 0.259 e. The van der Waals surface area contributed by atoms with E-state index >= 15 is 0 Å². The molecule has 1 saturated heterocycles. The number of amides is 1. The van der Waals surface area contributed by atoms with Crippen LogP contribution in [0.2, 0.25) is 0 Å². The quantitative estimate of drug-likeness (QED) is 0.593. The van der Waals surface area contributed by atoms with Gasteiger partial charge in [0.1, 0.15) is 18.1 Å². The molecule has 0 aliphatic carbocycles. The summed E-state index contributed by atoms with van der Waals surface area (Å²) in [5.41, 5.74) is 5.68. The molecule has 0 unspecified atom stereocenters. The lowest BCUT2D eigenvalue weighted by molar-refractivity contribution is -0.137. The van der Waals surface area contributed by atoms with Crippen molar-refractivity contribution in [3.8, 4) is 11.5 Å². The van der Waals surface area contributed by atoms with Gasteiger partial charge in [0.2, 0.25) is 0 Å². The summed E-state index contributed by atoms with van der Waals surface area (Å²) in [6.07, 6.45) is -1.09. The Bertz CT molecular complexity index is 1110. The van der Waals surface area contributed by atoms with Crippen molar-refractivity contribution in [2.45, 2.75) is 39.5 Å². The largest absolute Gasteiger partial charge is 0.496 e. The number of nitrogens with zero attached hydrogens (tertiary/aromatic N) is 1. The monoisotopic (exact) mass is 417 g/mol. The molecule has 0 aromatic heterocycles. The first-order valence-corrected chi connectivity index (χ1v) is 10.3. The van der Waals surface area contributed by atoms with E-state index in [1.165, 1.54) is 0 Å². The van der Waals surface area contributed by atoms with Crippen LogP contribution in [0, 0.1) is 20.8 Å². The van der Waals surface area contributed by atoms with Gasteiger partial charge < -0.3 is 14.6 Å². The molecule has 0 radical (unpaired) electrons. The van der Waals surface area contributed by atoms with Crippen molar-refractivity contribution in [1.82, 2.24) is 0 Å². The van der Waals surface area contributed by atoms with Gasteiger partial charge in [0, 0.05) is 11.8 Å². The fourth-order valence-corrected chi connectivity index (χ4v) is 3.94. The van der Waals surface area contributed by atoms with Crippen molar-refractivity contribution in [1.29, 1.82) is 0 Å². The Morgan fingerprint density at radius 3 is 2.39 bits per heavy atom. The highest BCUT2D eigenvalue weighted by Gasteiger charge is 2.48. The van der Waals surface area contributed by atoms with Crippen LogP contribution in [0.25, 0.3) is 0 Å². The number of carbonyl (C=O) groups excluding carboxylic acids is 1. The molecule has 1 amide bonds. The average molecular weight is 418 g/mol. The van der Waals surface area contributed by atoms with Crippen LogP contribution in [-0.2, 0) is 11.4 Å². The second-order valence-electron chi connectivity index (χ2n) is 7.99. The van der Waals surface area contributed by atoms with Gasteiger partial charge in [-0.1, -0.05) is 42.5 Å². The van der Waals surface area contributed by atoms with Crippen LogP contribution >= 0.6 is 0 Å². The number of β-lactam (4-membered cyclic amide) rings is 1. The first-order valence-electron chi connectivity index (χ1n) is 10.3. The van der Waals surface area contributed by atoms with Gasteiger partial charge in [-0.25, -0.2) is 0 Å². The lowest BCUT2D eigenvalue weighted by Crippen LogP contribution is -2.59. The minimum atomic E-state index is -1.09. The number of benzene rings is 3. The van der Waals surface area contributed by atoms with Crippen molar-refractivity contribution in [3.05, 3.63) is 88.5 Å². The molecule has 0 spiro atoms. The summed E-state index contributed by atoms with van der Waals surface area (Å²) in [7, 11) is 1.62. The molecule has 5 nitrogen and oxygen atoms in total.